The van der Waals surface area contributed by atoms with E-state index >= 15 is 0 Å². The monoisotopic (exact) mass is 561 g/mol. The zero-order valence-electron chi connectivity index (χ0n) is 22.0. The number of nitrogens with zero attached hydrogens (tertiary/aromatic N) is 4. The standard InChI is InChI=1S/C28H27N5O6S/c1-18-14-20(15-25-27(35)31(28(36)40-25)17-26(34)29-21-6-4-3-5-7-21)19(2)32(18)22-8-9-23(24(16-22)33(37)38)30-10-12-39-13-11-30/h3-9,14-16H,10-13,17H2,1-2H3,(H,29,34)/b25-15-. The number of thioether (sulfide) groups is 1. The Labute approximate surface area is 234 Å². The smallest absolute Gasteiger partial charge is 0.294 e. The highest BCUT2D eigenvalue weighted by atomic mass is 32.2. The molecule has 0 spiro atoms. The van der Waals surface area contributed by atoms with Gasteiger partial charge in [0.15, 0.2) is 0 Å². The second-order valence-corrected chi connectivity index (χ2v) is 10.4. The molecule has 5 rings (SSSR count). The molecular formula is C28H27N5O6S. The Morgan fingerprint density at radius 1 is 1.10 bits per heavy atom. The number of ether oxygens (including phenoxy) is 1. The number of morpholine rings is 1. The van der Waals surface area contributed by atoms with Gasteiger partial charge in [0.05, 0.1) is 28.7 Å². The van der Waals surface area contributed by atoms with Gasteiger partial charge in [-0.15, -0.1) is 0 Å². The van der Waals surface area contributed by atoms with E-state index in [0.717, 1.165) is 28.0 Å². The van der Waals surface area contributed by atoms with E-state index in [9.17, 15) is 24.5 Å². The maximum Gasteiger partial charge on any atom is 0.294 e. The average molecular weight is 562 g/mol. The lowest BCUT2D eigenvalue weighted by atomic mass is 10.2. The number of hydrogen-bond donors (Lipinski definition) is 1. The molecule has 2 aliphatic rings. The number of aryl methyl sites for hydroxylation is 1. The van der Waals surface area contributed by atoms with Crippen molar-refractivity contribution in [3.05, 3.63) is 86.6 Å². The van der Waals surface area contributed by atoms with E-state index in [0.29, 0.717) is 48.9 Å². The molecule has 0 atom stereocenters. The summed E-state index contributed by atoms with van der Waals surface area (Å²) in [5.41, 5.74) is 3.98. The zero-order chi connectivity index (χ0) is 28.4. The number of imide groups is 1. The Kier molecular flexibility index (Phi) is 7.71. The second kappa shape index (κ2) is 11.4. The van der Waals surface area contributed by atoms with Crippen LogP contribution in [-0.2, 0) is 14.3 Å². The molecule has 2 saturated heterocycles. The van der Waals surface area contributed by atoms with Crippen molar-refractivity contribution in [1.29, 1.82) is 0 Å². The molecule has 12 heteroatoms. The summed E-state index contributed by atoms with van der Waals surface area (Å²) < 4.78 is 7.25. The predicted molar refractivity (Wildman–Crippen MR) is 153 cm³/mol. The molecule has 0 saturated carbocycles. The Hall–Kier alpha value is -4.42. The highest BCUT2D eigenvalue weighted by molar-refractivity contribution is 8.18. The number of carbonyl (C=O) groups excluding carboxylic acids is 3. The summed E-state index contributed by atoms with van der Waals surface area (Å²) in [7, 11) is 0. The second-order valence-electron chi connectivity index (χ2n) is 9.37. The van der Waals surface area contributed by atoms with Gasteiger partial charge in [-0.05, 0) is 67.6 Å². The van der Waals surface area contributed by atoms with E-state index in [4.69, 9.17) is 4.74 Å². The molecule has 2 aromatic carbocycles. The number of amides is 3. The summed E-state index contributed by atoms with van der Waals surface area (Å²) in [5, 5.41) is 14.1. The summed E-state index contributed by atoms with van der Waals surface area (Å²) >= 11 is 0.773. The van der Waals surface area contributed by atoms with Crippen molar-refractivity contribution in [2.45, 2.75) is 13.8 Å². The lowest BCUT2D eigenvalue weighted by Gasteiger charge is -2.28. The molecule has 3 amide bonds. The quantitative estimate of drug-likeness (QED) is 0.254. The van der Waals surface area contributed by atoms with Crippen LogP contribution in [0, 0.1) is 24.0 Å². The van der Waals surface area contributed by atoms with Crippen molar-refractivity contribution in [2.75, 3.05) is 43.1 Å². The van der Waals surface area contributed by atoms with Crippen LogP contribution in [0.25, 0.3) is 11.8 Å². The van der Waals surface area contributed by atoms with Crippen molar-refractivity contribution >= 4 is 52.0 Å². The number of aromatic nitrogens is 1. The first-order valence-electron chi connectivity index (χ1n) is 12.6. The molecule has 2 aliphatic heterocycles. The molecule has 1 N–H and O–H groups in total. The van der Waals surface area contributed by atoms with Crippen molar-refractivity contribution in [2.24, 2.45) is 0 Å². The molecule has 0 aliphatic carbocycles. The maximum atomic E-state index is 13.0. The number of hydrogen-bond acceptors (Lipinski definition) is 8. The van der Waals surface area contributed by atoms with Gasteiger partial charge >= 0.3 is 0 Å². The largest absolute Gasteiger partial charge is 0.378 e. The number of para-hydroxylation sites is 1. The van der Waals surface area contributed by atoms with Crippen LogP contribution in [0.1, 0.15) is 17.0 Å². The molecule has 2 fully saturated rings. The van der Waals surface area contributed by atoms with Gasteiger partial charge in [-0.2, -0.15) is 0 Å². The fourth-order valence-electron chi connectivity index (χ4n) is 4.84. The van der Waals surface area contributed by atoms with E-state index in [1.165, 1.54) is 0 Å². The van der Waals surface area contributed by atoms with Crippen LogP contribution in [-0.4, -0.2) is 64.3 Å². The van der Waals surface area contributed by atoms with E-state index in [-0.39, 0.29) is 15.5 Å². The number of nitrogens with one attached hydrogen (secondary N) is 1. The average Bonchev–Trinajstić information content (AvgIpc) is 3.37. The SMILES string of the molecule is Cc1cc(/C=C2\SC(=O)N(CC(=O)Nc3ccccc3)C2=O)c(C)n1-c1ccc(N2CCOCC2)c([N+](=O)[O-])c1. The van der Waals surface area contributed by atoms with E-state index < -0.39 is 23.6 Å². The third kappa shape index (κ3) is 5.49. The Balaban J connectivity index is 1.38. The van der Waals surface area contributed by atoms with Gasteiger partial charge in [-0.25, -0.2) is 0 Å². The van der Waals surface area contributed by atoms with Crippen LogP contribution in [0.15, 0.2) is 59.5 Å². The lowest BCUT2D eigenvalue weighted by Crippen LogP contribution is -2.36. The summed E-state index contributed by atoms with van der Waals surface area (Å²) in [6, 6.07) is 15.8. The summed E-state index contributed by atoms with van der Waals surface area (Å²) in [6.07, 6.45) is 1.62. The van der Waals surface area contributed by atoms with Crippen molar-refractivity contribution in [3.8, 4) is 5.69 Å². The highest BCUT2D eigenvalue weighted by Crippen LogP contribution is 2.35. The van der Waals surface area contributed by atoms with Gasteiger partial charge in [0, 0.05) is 36.2 Å². The summed E-state index contributed by atoms with van der Waals surface area (Å²) in [4.78, 5) is 52.7. The van der Waals surface area contributed by atoms with Gasteiger partial charge < -0.3 is 19.5 Å². The number of rotatable bonds is 7. The van der Waals surface area contributed by atoms with Gasteiger partial charge in [-0.3, -0.25) is 29.4 Å². The minimum absolute atomic E-state index is 0.00310. The van der Waals surface area contributed by atoms with Crippen molar-refractivity contribution in [3.63, 3.8) is 0 Å². The maximum absolute atomic E-state index is 13.0. The molecule has 0 unspecified atom stereocenters. The Bertz CT molecular complexity index is 1530. The van der Waals surface area contributed by atoms with Gasteiger partial charge in [0.1, 0.15) is 12.2 Å². The summed E-state index contributed by atoms with van der Waals surface area (Å²) in [6.45, 7) is 5.50. The lowest BCUT2D eigenvalue weighted by molar-refractivity contribution is -0.384. The fraction of sp³-hybridized carbons (Fsp3) is 0.250. The van der Waals surface area contributed by atoms with E-state index in [1.807, 2.05) is 41.5 Å². The van der Waals surface area contributed by atoms with Crippen LogP contribution in [0.2, 0.25) is 0 Å². The fourth-order valence-corrected chi connectivity index (χ4v) is 5.67. The highest BCUT2D eigenvalue weighted by Gasteiger charge is 2.36. The Morgan fingerprint density at radius 3 is 2.52 bits per heavy atom. The molecule has 0 bridgehead atoms. The molecule has 206 valence electrons. The molecule has 3 aromatic rings. The molecule has 0 radical (unpaired) electrons. The third-order valence-corrected chi connectivity index (χ3v) is 7.66. The van der Waals surface area contributed by atoms with Crippen LogP contribution in [0.5, 0.6) is 0 Å². The molecule has 1 aromatic heterocycles. The Morgan fingerprint density at radius 2 is 1.82 bits per heavy atom. The molecule has 40 heavy (non-hydrogen) atoms. The topological polar surface area (TPSA) is 127 Å². The van der Waals surface area contributed by atoms with Crippen LogP contribution < -0.4 is 10.2 Å². The number of nitro benzene ring substituents is 1. The first-order chi connectivity index (χ1) is 19.2. The minimum Gasteiger partial charge on any atom is -0.378 e. The third-order valence-electron chi connectivity index (χ3n) is 6.76. The first-order valence-corrected chi connectivity index (χ1v) is 13.5. The first kappa shape index (κ1) is 27.2. The summed E-state index contributed by atoms with van der Waals surface area (Å²) in [5.74, 6) is -1.02. The number of anilines is 2. The number of benzene rings is 2. The van der Waals surface area contributed by atoms with Crippen molar-refractivity contribution < 1.29 is 24.0 Å². The van der Waals surface area contributed by atoms with Crippen LogP contribution in [0.4, 0.5) is 21.9 Å². The van der Waals surface area contributed by atoms with Crippen LogP contribution >= 0.6 is 11.8 Å². The minimum atomic E-state index is -0.548. The van der Waals surface area contributed by atoms with Gasteiger partial charge in [0.25, 0.3) is 16.8 Å². The van der Waals surface area contributed by atoms with E-state index in [2.05, 4.69) is 5.32 Å². The zero-order valence-corrected chi connectivity index (χ0v) is 22.8. The number of carbonyl (C=O) groups is 3. The van der Waals surface area contributed by atoms with Gasteiger partial charge in [0.2, 0.25) is 5.91 Å². The predicted octanol–water partition coefficient (Wildman–Crippen LogP) is 4.51. The molecular weight excluding hydrogens is 534 g/mol. The van der Waals surface area contributed by atoms with E-state index in [1.54, 1.807) is 42.5 Å². The van der Waals surface area contributed by atoms with Crippen molar-refractivity contribution in [1.82, 2.24) is 9.47 Å². The number of nitro groups is 1. The van der Waals surface area contributed by atoms with Gasteiger partial charge in [-0.1, -0.05) is 18.2 Å². The van der Waals surface area contributed by atoms with Crippen LogP contribution in [0.3, 0.4) is 0 Å². The molecule has 3 heterocycles. The molecule has 11 nitrogen and oxygen atoms in total. The normalized spacial score (nSPS) is 16.6.